The van der Waals surface area contributed by atoms with Gasteiger partial charge < -0.3 is 10.1 Å². The van der Waals surface area contributed by atoms with Crippen molar-refractivity contribution in [3.05, 3.63) is 0 Å². The largest absolute Gasteiger partial charge is 0.381 e. The van der Waals surface area contributed by atoms with Gasteiger partial charge in [0, 0.05) is 37.8 Å². The van der Waals surface area contributed by atoms with E-state index < -0.39 is 0 Å². The van der Waals surface area contributed by atoms with Gasteiger partial charge in [-0.15, -0.1) is 0 Å². The van der Waals surface area contributed by atoms with Crippen LogP contribution in [0, 0.1) is 17.3 Å². The number of nitrogens with zero attached hydrogens (tertiary/aromatic N) is 1. The van der Waals surface area contributed by atoms with Gasteiger partial charge in [-0.05, 0) is 30.6 Å². The molecule has 1 N–H and O–H groups in total. The van der Waals surface area contributed by atoms with Crippen LogP contribution in [-0.4, -0.2) is 49.3 Å². The van der Waals surface area contributed by atoms with Crippen LogP contribution in [0.15, 0.2) is 0 Å². The Labute approximate surface area is 125 Å². The van der Waals surface area contributed by atoms with E-state index in [9.17, 15) is 0 Å². The van der Waals surface area contributed by atoms with Gasteiger partial charge in [-0.3, -0.25) is 4.90 Å². The smallest absolute Gasteiger partial charge is 0.0509 e. The Balaban J connectivity index is 2.09. The number of nitrogens with one attached hydrogen (secondary N) is 1. The highest BCUT2D eigenvalue weighted by Gasteiger charge is 2.39. The lowest BCUT2D eigenvalue weighted by Crippen LogP contribution is -2.64. The topological polar surface area (TPSA) is 24.5 Å². The lowest BCUT2D eigenvalue weighted by atomic mass is 9.82. The van der Waals surface area contributed by atoms with Crippen molar-refractivity contribution in [2.45, 2.75) is 66.1 Å². The molecule has 0 radical (unpaired) electrons. The van der Waals surface area contributed by atoms with Crippen molar-refractivity contribution in [3.63, 3.8) is 0 Å². The average Bonchev–Trinajstić information content (AvgIpc) is 2.89. The van der Waals surface area contributed by atoms with Crippen LogP contribution in [0.4, 0.5) is 0 Å². The molecule has 3 heteroatoms. The molecule has 2 rings (SSSR count). The van der Waals surface area contributed by atoms with Gasteiger partial charge in [0.05, 0.1) is 6.61 Å². The van der Waals surface area contributed by atoms with E-state index in [1.807, 2.05) is 0 Å². The van der Waals surface area contributed by atoms with Crippen molar-refractivity contribution in [2.75, 3.05) is 26.3 Å². The molecule has 20 heavy (non-hydrogen) atoms. The minimum atomic E-state index is 0.325. The summed E-state index contributed by atoms with van der Waals surface area (Å²) in [4.78, 5) is 2.77. The summed E-state index contributed by atoms with van der Waals surface area (Å²) in [7, 11) is 0. The Hall–Kier alpha value is -0.120. The summed E-state index contributed by atoms with van der Waals surface area (Å²) in [5.74, 6) is 1.42. The van der Waals surface area contributed by atoms with E-state index >= 15 is 0 Å². The standard InChI is InChI=1S/C17H34N2O/c1-12(2)15-9-18-16(17(4,5)6)10-19(15)13(3)14-7-8-20-11-14/h12-16,18H,7-11H2,1-6H3. The molecule has 0 spiro atoms. The summed E-state index contributed by atoms with van der Waals surface area (Å²) in [5.41, 5.74) is 0.325. The van der Waals surface area contributed by atoms with Gasteiger partial charge in [0.1, 0.15) is 0 Å². The van der Waals surface area contributed by atoms with Crippen molar-refractivity contribution < 1.29 is 4.74 Å². The van der Waals surface area contributed by atoms with Crippen LogP contribution >= 0.6 is 0 Å². The van der Waals surface area contributed by atoms with Gasteiger partial charge in [-0.2, -0.15) is 0 Å². The van der Waals surface area contributed by atoms with Gasteiger partial charge in [-0.25, -0.2) is 0 Å². The lowest BCUT2D eigenvalue weighted by Gasteiger charge is -2.50. The molecule has 0 saturated carbocycles. The fourth-order valence-electron chi connectivity index (χ4n) is 3.66. The Morgan fingerprint density at radius 1 is 1.20 bits per heavy atom. The first kappa shape index (κ1) is 16.3. The van der Waals surface area contributed by atoms with E-state index in [-0.39, 0.29) is 0 Å². The SMILES string of the molecule is CC(C)C1CNC(C(C)(C)C)CN1C(C)C1CCOC1. The van der Waals surface area contributed by atoms with Crippen LogP contribution in [0.2, 0.25) is 0 Å². The zero-order valence-corrected chi connectivity index (χ0v) is 14.3. The first-order valence-electron chi connectivity index (χ1n) is 8.37. The van der Waals surface area contributed by atoms with Gasteiger partial charge in [0.2, 0.25) is 0 Å². The van der Waals surface area contributed by atoms with Crippen LogP contribution in [-0.2, 0) is 4.74 Å². The highest BCUT2D eigenvalue weighted by atomic mass is 16.5. The molecular weight excluding hydrogens is 248 g/mol. The summed E-state index contributed by atoms with van der Waals surface area (Å²) in [6.45, 7) is 18.4. The second kappa shape index (κ2) is 6.33. The molecule has 4 atom stereocenters. The van der Waals surface area contributed by atoms with Crippen LogP contribution in [0.1, 0.15) is 48.0 Å². The molecule has 2 saturated heterocycles. The highest BCUT2D eigenvalue weighted by Crippen LogP contribution is 2.30. The third-order valence-corrected chi connectivity index (χ3v) is 5.38. The monoisotopic (exact) mass is 282 g/mol. The molecule has 3 nitrogen and oxygen atoms in total. The van der Waals surface area contributed by atoms with Crippen molar-refractivity contribution >= 4 is 0 Å². The Morgan fingerprint density at radius 2 is 1.90 bits per heavy atom. The van der Waals surface area contributed by atoms with Gasteiger partial charge in [-0.1, -0.05) is 34.6 Å². The van der Waals surface area contributed by atoms with E-state index in [0.29, 0.717) is 29.5 Å². The molecular formula is C17H34N2O. The van der Waals surface area contributed by atoms with Crippen LogP contribution < -0.4 is 5.32 Å². The molecule has 0 aromatic rings. The van der Waals surface area contributed by atoms with E-state index in [1.54, 1.807) is 0 Å². The third-order valence-electron chi connectivity index (χ3n) is 5.38. The van der Waals surface area contributed by atoms with Crippen molar-refractivity contribution in [1.29, 1.82) is 0 Å². The second-order valence-corrected chi connectivity index (χ2v) is 8.20. The molecule has 2 fully saturated rings. The number of rotatable bonds is 3. The molecule has 2 heterocycles. The Kier molecular flexibility index (Phi) is 5.14. The number of hydrogen-bond acceptors (Lipinski definition) is 3. The lowest BCUT2D eigenvalue weighted by molar-refractivity contribution is 0.0126. The first-order valence-corrected chi connectivity index (χ1v) is 8.37. The van der Waals surface area contributed by atoms with Crippen molar-refractivity contribution in [2.24, 2.45) is 17.3 Å². The molecule has 2 aliphatic rings. The Morgan fingerprint density at radius 3 is 2.40 bits per heavy atom. The average molecular weight is 282 g/mol. The summed E-state index contributed by atoms with van der Waals surface area (Å²) in [5, 5.41) is 3.79. The number of ether oxygens (including phenoxy) is 1. The minimum absolute atomic E-state index is 0.325. The maximum atomic E-state index is 5.62. The molecule has 0 bridgehead atoms. The van der Waals surface area contributed by atoms with E-state index in [4.69, 9.17) is 4.74 Å². The number of piperazine rings is 1. The molecule has 4 unspecified atom stereocenters. The molecule has 0 aliphatic carbocycles. The van der Waals surface area contributed by atoms with Crippen molar-refractivity contribution in [1.82, 2.24) is 10.2 Å². The fraction of sp³-hybridized carbons (Fsp3) is 1.00. The fourth-order valence-corrected chi connectivity index (χ4v) is 3.66. The third kappa shape index (κ3) is 3.55. The van der Waals surface area contributed by atoms with Gasteiger partial charge in [0.25, 0.3) is 0 Å². The quantitative estimate of drug-likeness (QED) is 0.861. The predicted octanol–water partition coefficient (Wildman–Crippen LogP) is 2.76. The zero-order chi connectivity index (χ0) is 14.9. The zero-order valence-electron chi connectivity index (χ0n) is 14.3. The predicted molar refractivity (Wildman–Crippen MR) is 85.0 cm³/mol. The van der Waals surface area contributed by atoms with Crippen LogP contribution in [0.3, 0.4) is 0 Å². The Bertz CT molecular complexity index is 305. The van der Waals surface area contributed by atoms with Gasteiger partial charge in [0.15, 0.2) is 0 Å². The summed E-state index contributed by atoms with van der Waals surface area (Å²) < 4.78 is 5.62. The maximum absolute atomic E-state index is 5.62. The maximum Gasteiger partial charge on any atom is 0.0509 e. The highest BCUT2D eigenvalue weighted by molar-refractivity contribution is 4.96. The molecule has 0 amide bonds. The van der Waals surface area contributed by atoms with Crippen molar-refractivity contribution in [3.8, 4) is 0 Å². The minimum Gasteiger partial charge on any atom is -0.381 e. The molecule has 2 aliphatic heterocycles. The summed E-state index contributed by atoms with van der Waals surface area (Å²) in [6, 6.07) is 1.88. The van der Waals surface area contributed by atoms with E-state index in [2.05, 4.69) is 51.8 Å². The summed E-state index contributed by atoms with van der Waals surface area (Å²) >= 11 is 0. The molecule has 0 aromatic carbocycles. The molecule has 118 valence electrons. The van der Waals surface area contributed by atoms with Crippen LogP contribution in [0.25, 0.3) is 0 Å². The summed E-state index contributed by atoms with van der Waals surface area (Å²) in [6.07, 6.45) is 1.23. The number of hydrogen-bond donors (Lipinski definition) is 1. The van der Waals surface area contributed by atoms with E-state index in [0.717, 1.165) is 25.7 Å². The van der Waals surface area contributed by atoms with E-state index in [1.165, 1.54) is 13.0 Å². The van der Waals surface area contributed by atoms with Crippen LogP contribution in [0.5, 0.6) is 0 Å². The normalized spacial score (nSPS) is 34.6. The second-order valence-electron chi connectivity index (χ2n) is 8.20. The first-order chi connectivity index (χ1) is 9.30. The molecule has 0 aromatic heterocycles. The van der Waals surface area contributed by atoms with Gasteiger partial charge >= 0.3 is 0 Å².